The van der Waals surface area contributed by atoms with Crippen molar-refractivity contribution in [3.63, 3.8) is 0 Å². The highest BCUT2D eigenvalue weighted by Crippen LogP contribution is 2.34. The van der Waals surface area contributed by atoms with Crippen LogP contribution in [-0.2, 0) is 20.9 Å². The van der Waals surface area contributed by atoms with Crippen LogP contribution in [0, 0.1) is 26.6 Å². The lowest BCUT2D eigenvalue weighted by Crippen LogP contribution is -2.22. The number of carbonyl (C=O) groups excluding carboxylic acids is 2. The minimum atomic E-state index is -0.676. The van der Waals surface area contributed by atoms with Gasteiger partial charge in [-0.2, -0.15) is 0 Å². The van der Waals surface area contributed by atoms with Gasteiger partial charge in [-0.05, 0) is 44.0 Å². The van der Waals surface area contributed by atoms with Gasteiger partial charge in [-0.25, -0.2) is 9.18 Å². The molecule has 0 bridgehead atoms. The summed E-state index contributed by atoms with van der Waals surface area (Å²) in [7, 11) is 1.47. The number of ether oxygens (including phenoxy) is 2. The molecular formula is C22H22FNO4S. The predicted molar refractivity (Wildman–Crippen MR) is 112 cm³/mol. The summed E-state index contributed by atoms with van der Waals surface area (Å²) < 4.78 is 25.2. The number of halogens is 1. The lowest BCUT2D eigenvalue weighted by molar-refractivity contribution is -0.119. The van der Waals surface area contributed by atoms with Crippen molar-refractivity contribution < 1.29 is 23.5 Å². The van der Waals surface area contributed by atoms with Crippen LogP contribution >= 0.6 is 11.3 Å². The number of benzene rings is 2. The highest BCUT2D eigenvalue weighted by molar-refractivity contribution is 7.21. The van der Waals surface area contributed by atoms with E-state index in [0.717, 1.165) is 28.0 Å². The van der Waals surface area contributed by atoms with Crippen molar-refractivity contribution in [2.24, 2.45) is 0 Å². The topological polar surface area (TPSA) is 64.6 Å². The van der Waals surface area contributed by atoms with Gasteiger partial charge in [0.25, 0.3) is 5.91 Å². The number of carbonyl (C=O) groups is 2. The Morgan fingerprint density at radius 3 is 2.48 bits per heavy atom. The van der Waals surface area contributed by atoms with Crippen LogP contribution in [0.2, 0.25) is 0 Å². The fourth-order valence-corrected chi connectivity index (χ4v) is 4.48. The molecule has 0 saturated carbocycles. The van der Waals surface area contributed by atoms with Crippen molar-refractivity contribution in [3.8, 4) is 0 Å². The second-order valence-corrected chi connectivity index (χ2v) is 7.91. The summed E-state index contributed by atoms with van der Waals surface area (Å²) in [6, 6.07) is 8.59. The smallest absolute Gasteiger partial charge is 0.349 e. The third-order valence-corrected chi connectivity index (χ3v) is 5.69. The van der Waals surface area contributed by atoms with E-state index in [4.69, 9.17) is 9.47 Å². The molecule has 2 aromatic carbocycles. The van der Waals surface area contributed by atoms with Gasteiger partial charge >= 0.3 is 5.97 Å². The summed E-state index contributed by atoms with van der Waals surface area (Å²) in [4.78, 5) is 25.1. The van der Waals surface area contributed by atoms with Crippen LogP contribution in [0.15, 0.2) is 30.3 Å². The molecule has 0 aliphatic carbocycles. The van der Waals surface area contributed by atoms with Crippen LogP contribution in [0.25, 0.3) is 10.1 Å². The summed E-state index contributed by atoms with van der Waals surface area (Å²) in [6.07, 6.45) is 0. The molecule has 3 aromatic rings. The average Bonchev–Trinajstić information content (AvgIpc) is 3.03. The molecule has 1 aromatic heterocycles. The van der Waals surface area contributed by atoms with Crippen molar-refractivity contribution in [3.05, 3.63) is 63.3 Å². The second kappa shape index (κ2) is 8.71. The number of methoxy groups -OCH3 is 1. The van der Waals surface area contributed by atoms with Crippen LogP contribution in [-0.4, -0.2) is 25.6 Å². The summed E-state index contributed by atoms with van der Waals surface area (Å²) in [5, 5.41) is 3.14. The third kappa shape index (κ3) is 4.46. The van der Waals surface area contributed by atoms with Crippen LogP contribution < -0.4 is 5.32 Å². The predicted octanol–water partition coefficient (Wildman–Crippen LogP) is 4.91. The largest absolute Gasteiger partial charge is 0.451 e. The Kier molecular flexibility index (Phi) is 6.30. The van der Waals surface area contributed by atoms with Crippen molar-refractivity contribution in [2.45, 2.75) is 27.4 Å². The van der Waals surface area contributed by atoms with Gasteiger partial charge < -0.3 is 14.8 Å². The van der Waals surface area contributed by atoms with Gasteiger partial charge in [0.15, 0.2) is 6.61 Å². The standard InChI is InChI=1S/C22H22FNO4S/c1-12-8-13(2)20(14(3)9-12)24-18(25)11-28-22(26)21-15(10-27-4)19-16(23)6-5-7-17(19)29-21/h5-9H,10-11H2,1-4H3,(H,24,25). The molecule has 0 radical (unpaired) electrons. The summed E-state index contributed by atoms with van der Waals surface area (Å²) in [6.45, 7) is 5.43. The Morgan fingerprint density at radius 2 is 1.83 bits per heavy atom. The monoisotopic (exact) mass is 415 g/mol. The lowest BCUT2D eigenvalue weighted by atomic mass is 10.1. The zero-order chi connectivity index (χ0) is 21.1. The van der Waals surface area contributed by atoms with Crippen molar-refractivity contribution >= 4 is 39.0 Å². The first-order valence-corrected chi connectivity index (χ1v) is 9.87. The molecule has 0 spiro atoms. The first-order chi connectivity index (χ1) is 13.8. The van der Waals surface area contributed by atoms with E-state index in [0.29, 0.717) is 21.3 Å². The van der Waals surface area contributed by atoms with Gasteiger partial charge in [0.2, 0.25) is 0 Å². The van der Waals surface area contributed by atoms with Crippen LogP contribution in [0.4, 0.5) is 10.1 Å². The number of rotatable bonds is 6. The van der Waals surface area contributed by atoms with Crippen LogP contribution in [0.1, 0.15) is 31.9 Å². The molecule has 5 nitrogen and oxygen atoms in total. The molecule has 0 fully saturated rings. The van der Waals surface area contributed by atoms with Crippen LogP contribution in [0.5, 0.6) is 0 Å². The van der Waals surface area contributed by atoms with E-state index in [-0.39, 0.29) is 11.5 Å². The molecule has 3 rings (SSSR count). The molecule has 7 heteroatoms. The zero-order valence-corrected chi connectivity index (χ0v) is 17.5. The van der Waals surface area contributed by atoms with E-state index >= 15 is 0 Å². The van der Waals surface area contributed by atoms with E-state index in [1.807, 2.05) is 32.9 Å². The highest BCUT2D eigenvalue weighted by Gasteiger charge is 2.22. The molecule has 0 atom stereocenters. The Balaban J connectivity index is 1.75. The van der Waals surface area contributed by atoms with Crippen molar-refractivity contribution in [1.82, 2.24) is 0 Å². The molecule has 1 amide bonds. The van der Waals surface area contributed by atoms with Gasteiger partial charge in [0, 0.05) is 28.4 Å². The zero-order valence-electron chi connectivity index (χ0n) is 16.7. The number of fused-ring (bicyclic) bond motifs is 1. The van der Waals surface area contributed by atoms with Gasteiger partial charge in [-0.15, -0.1) is 11.3 Å². The molecule has 0 aliphatic heterocycles. The SMILES string of the molecule is COCc1c(C(=O)OCC(=O)Nc2c(C)cc(C)cc2C)sc2cccc(F)c12. The first-order valence-electron chi connectivity index (χ1n) is 9.05. The van der Waals surface area contributed by atoms with Crippen LogP contribution in [0.3, 0.4) is 0 Å². The summed E-state index contributed by atoms with van der Waals surface area (Å²) in [5.74, 6) is -1.54. The maximum absolute atomic E-state index is 14.2. The normalized spacial score (nSPS) is 10.9. The minimum absolute atomic E-state index is 0.0688. The molecule has 1 heterocycles. The lowest BCUT2D eigenvalue weighted by Gasteiger charge is -2.13. The first kappa shape index (κ1) is 21.0. The highest BCUT2D eigenvalue weighted by atomic mass is 32.1. The fourth-order valence-electron chi connectivity index (χ4n) is 3.36. The van der Waals surface area contributed by atoms with E-state index in [9.17, 15) is 14.0 Å². The quantitative estimate of drug-likeness (QED) is 0.581. The van der Waals surface area contributed by atoms with E-state index in [1.165, 1.54) is 13.2 Å². The number of anilines is 1. The van der Waals surface area contributed by atoms with E-state index in [2.05, 4.69) is 5.32 Å². The third-order valence-electron chi connectivity index (χ3n) is 4.51. The molecule has 0 unspecified atom stereocenters. The Bertz CT molecular complexity index is 1070. The number of nitrogens with one attached hydrogen (secondary N) is 1. The van der Waals surface area contributed by atoms with Crippen molar-refractivity contribution in [2.75, 3.05) is 19.0 Å². The van der Waals surface area contributed by atoms with Gasteiger partial charge in [0.05, 0.1) is 6.61 Å². The van der Waals surface area contributed by atoms with Crippen molar-refractivity contribution in [1.29, 1.82) is 0 Å². The molecule has 0 aliphatic rings. The molecule has 0 saturated heterocycles. The summed E-state index contributed by atoms with van der Waals surface area (Å²) >= 11 is 1.12. The minimum Gasteiger partial charge on any atom is -0.451 e. The fraction of sp³-hybridized carbons (Fsp3) is 0.273. The number of aryl methyl sites for hydroxylation is 3. The second-order valence-electron chi connectivity index (χ2n) is 6.85. The van der Waals surface area contributed by atoms with E-state index in [1.54, 1.807) is 12.1 Å². The Labute approximate surface area is 172 Å². The Morgan fingerprint density at radius 1 is 1.14 bits per heavy atom. The molecule has 1 N–H and O–H groups in total. The maximum atomic E-state index is 14.2. The number of hydrogen-bond donors (Lipinski definition) is 1. The molecule has 152 valence electrons. The van der Waals surface area contributed by atoms with Gasteiger partial charge in [-0.3, -0.25) is 4.79 Å². The number of hydrogen-bond acceptors (Lipinski definition) is 5. The Hall–Kier alpha value is -2.77. The van der Waals surface area contributed by atoms with E-state index < -0.39 is 24.3 Å². The number of amides is 1. The molecule has 29 heavy (non-hydrogen) atoms. The average molecular weight is 415 g/mol. The number of esters is 1. The van der Waals surface area contributed by atoms with Gasteiger partial charge in [0.1, 0.15) is 10.7 Å². The number of thiophene rings is 1. The molecular weight excluding hydrogens is 393 g/mol. The summed E-state index contributed by atoms with van der Waals surface area (Å²) in [5.41, 5.74) is 4.11. The van der Waals surface area contributed by atoms with Gasteiger partial charge in [-0.1, -0.05) is 23.8 Å². The maximum Gasteiger partial charge on any atom is 0.349 e.